The summed E-state index contributed by atoms with van der Waals surface area (Å²) in [4.78, 5) is 12.4. The molecule has 0 aliphatic carbocycles. The molecule has 1 amide bonds. The van der Waals surface area contributed by atoms with Crippen LogP contribution < -0.4 is 15.4 Å². The Hall–Kier alpha value is -2.49. The van der Waals surface area contributed by atoms with Crippen molar-refractivity contribution in [2.75, 3.05) is 17.7 Å². The van der Waals surface area contributed by atoms with Gasteiger partial charge in [-0.2, -0.15) is 0 Å². The number of nitrogens with one attached hydrogen (secondary N) is 2. The van der Waals surface area contributed by atoms with Crippen molar-refractivity contribution in [2.24, 2.45) is 0 Å². The highest BCUT2D eigenvalue weighted by atomic mass is 16.5. The second-order valence-corrected chi connectivity index (χ2v) is 5.30. The fourth-order valence-electron chi connectivity index (χ4n) is 2.20. The van der Waals surface area contributed by atoms with Gasteiger partial charge in [0, 0.05) is 5.69 Å². The van der Waals surface area contributed by atoms with E-state index in [1.165, 1.54) is 5.56 Å². The van der Waals surface area contributed by atoms with Crippen molar-refractivity contribution >= 4 is 17.3 Å². The standard InChI is InChI=1S/C18H22N2O2/c1-12-8-7-10-15(13(12)2)19-14(3)18(21)20-16-9-5-6-11-17(16)22-4/h5-11,14,19H,1-4H3,(H,20,21)/t14-/m0/s1. The third kappa shape index (κ3) is 3.58. The molecular formula is C18H22N2O2. The molecule has 1 atom stereocenters. The van der Waals surface area contributed by atoms with Gasteiger partial charge in [-0.25, -0.2) is 0 Å². The molecule has 116 valence electrons. The zero-order valence-corrected chi connectivity index (χ0v) is 13.4. The minimum atomic E-state index is -0.356. The lowest BCUT2D eigenvalue weighted by atomic mass is 10.1. The first-order chi connectivity index (χ1) is 10.5. The number of rotatable bonds is 5. The normalized spacial score (nSPS) is 11.6. The number of aryl methyl sites for hydroxylation is 1. The highest BCUT2D eigenvalue weighted by molar-refractivity contribution is 5.97. The molecule has 0 spiro atoms. The maximum Gasteiger partial charge on any atom is 0.246 e. The molecule has 0 heterocycles. The molecule has 4 nitrogen and oxygen atoms in total. The summed E-state index contributed by atoms with van der Waals surface area (Å²) >= 11 is 0. The molecule has 4 heteroatoms. The van der Waals surface area contributed by atoms with Gasteiger partial charge in [0.1, 0.15) is 11.8 Å². The number of methoxy groups -OCH3 is 1. The van der Waals surface area contributed by atoms with Gasteiger partial charge in [-0.15, -0.1) is 0 Å². The minimum Gasteiger partial charge on any atom is -0.495 e. The Morgan fingerprint density at radius 2 is 1.73 bits per heavy atom. The number of carbonyl (C=O) groups is 1. The van der Waals surface area contributed by atoms with Crippen LogP contribution in [0.15, 0.2) is 42.5 Å². The van der Waals surface area contributed by atoms with Gasteiger partial charge in [0.05, 0.1) is 12.8 Å². The van der Waals surface area contributed by atoms with Crippen molar-refractivity contribution in [3.05, 3.63) is 53.6 Å². The molecule has 0 bridgehead atoms. The van der Waals surface area contributed by atoms with Crippen LogP contribution in [0.3, 0.4) is 0 Å². The molecule has 0 aliphatic heterocycles. The fourth-order valence-corrected chi connectivity index (χ4v) is 2.20. The quantitative estimate of drug-likeness (QED) is 0.884. The van der Waals surface area contributed by atoms with Gasteiger partial charge in [-0.3, -0.25) is 4.79 Å². The molecular weight excluding hydrogens is 276 g/mol. The van der Waals surface area contributed by atoms with E-state index >= 15 is 0 Å². The predicted molar refractivity (Wildman–Crippen MR) is 90.6 cm³/mol. The molecule has 0 saturated carbocycles. The molecule has 0 fully saturated rings. The van der Waals surface area contributed by atoms with Crippen molar-refractivity contribution in [3.8, 4) is 5.75 Å². The summed E-state index contributed by atoms with van der Waals surface area (Å²) in [5.41, 5.74) is 3.99. The second-order valence-electron chi connectivity index (χ2n) is 5.30. The summed E-state index contributed by atoms with van der Waals surface area (Å²) in [5.74, 6) is 0.542. The van der Waals surface area contributed by atoms with Gasteiger partial charge in [0.15, 0.2) is 0 Å². The first-order valence-corrected chi connectivity index (χ1v) is 7.29. The average Bonchev–Trinajstić information content (AvgIpc) is 2.52. The van der Waals surface area contributed by atoms with Crippen molar-refractivity contribution in [1.29, 1.82) is 0 Å². The van der Waals surface area contributed by atoms with Crippen molar-refractivity contribution < 1.29 is 9.53 Å². The number of hydrogen-bond donors (Lipinski definition) is 2. The van der Waals surface area contributed by atoms with Gasteiger partial charge in [-0.05, 0) is 50.1 Å². The summed E-state index contributed by atoms with van der Waals surface area (Å²) in [7, 11) is 1.59. The maximum absolute atomic E-state index is 12.4. The van der Waals surface area contributed by atoms with Crippen LogP contribution in [-0.2, 0) is 4.79 Å². The predicted octanol–water partition coefficient (Wildman–Crippen LogP) is 3.75. The molecule has 0 radical (unpaired) electrons. The third-order valence-corrected chi connectivity index (χ3v) is 3.73. The van der Waals surface area contributed by atoms with Gasteiger partial charge in [-0.1, -0.05) is 24.3 Å². The van der Waals surface area contributed by atoms with Crippen LogP contribution in [-0.4, -0.2) is 19.1 Å². The number of hydrogen-bond acceptors (Lipinski definition) is 3. The van der Waals surface area contributed by atoms with E-state index in [-0.39, 0.29) is 11.9 Å². The smallest absolute Gasteiger partial charge is 0.246 e. The first-order valence-electron chi connectivity index (χ1n) is 7.29. The molecule has 0 saturated heterocycles. The zero-order valence-electron chi connectivity index (χ0n) is 13.4. The minimum absolute atomic E-state index is 0.106. The largest absolute Gasteiger partial charge is 0.495 e. The van der Waals surface area contributed by atoms with Crippen molar-refractivity contribution in [2.45, 2.75) is 26.8 Å². The molecule has 0 unspecified atom stereocenters. The van der Waals surface area contributed by atoms with Crippen LogP contribution in [0.4, 0.5) is 11.4 Å². The van der Waals surface area contributed by atoms with Gasteiger partial charge < -0.3 is 15.4 Å². The molecule has 2 aromatic rings. The van der Waals surface area contributed by atoms with E-state index in [1.54, 1.807) is 7.11 Å². The lowest BCUT2D eigenvalue weighted by Crippen LogP contribution is -2.32. The fraction of sp³-hybridized carbons (Fsp3) is 0.278. The van der Waals surface area contributed by atoms with Gasteiger partial charge in [0.2, 0.25) is 5.91 Å². The van der Waals surface area contributed by atoms with E-state index in [1.807, 2.05) is 50.2 Å². The molecule has 22 heavy (non-hydrogen) atoms. The maximum atomic E-state index is 12.4. The molecule has 2 N–H and O–H groups in total. The second kappa shape index (κ2) is 6.98. The highest BCUT2D eigenvalue weighted by Gasteiger charge is 2.15. The molecule has 0 aromatic heterocycles. The van der Waals surface area contributed by atoms with E-state index < -0.39 is 0 Å². The lowest BCUT2D eigenvalue weighted by Gasteiger charge is -2.18. The van der Waals surface area contributed by atoms with Crippen LogP contribution in [0.2, 0.25) is 0 Å². The Morgan fingerprint density at radius 3 is 2.45 bits per heavy atom. The topological polar surface area (TPSA) is 50.4 Å². The third-order valence-electron chi connectivity index (χ3n) is 3.73. The van der Waals surface area contributed by atoms with Crippen LogP contribution in [0.5, 0.6) is 5.75 Å². The zero-order chi connectivity index (χ0) is 16.1. The van der Waals surface area contributed by atoms with Crippen LogP contribution in [0, 0.1) is 13.8 Å². The lowest BCUT2D eigenvalue weighted by molar-refractivity contribution is -0.116. The number of anilines is 2. The number of carbonyl (C=O) groups excluding carboxylic acids is 1. The van der Waals surface area contributed by atoms with Crippen LogP contribution >= 0.6 is 0 Å². The Bertz CT molecular complexity index is 668. The SMILES string of the molecule is COc1ccccc1NC(=O)[C@H](C)Nc1cccc(C)c1C. The van der Waals surface area contributed by atoms with E-state index in [2.05, 4.69) is 23.6 Å². The Labute approximate surface area is 131 Å². The van der Waals surface area contributed by atoms with E-state index in [0.717, 1.165) is 11.3 Å². The Morgan fingerprint density at radius 1 is 1.05 bits per heavy atom. The summed E-state index contributed by atoms with van der Waals surface area (Å²) in [6, 6.07) is 13.0. The number of amides is 1. The van der Waals surface area contributed by atoms with Crippen molar-refractivity contribution in [3.63, 3.8) is 0 Å². The summed E-state index contributed by atoms with van der Waals surface area (Å²) in [6.07, 6.45) is 0. The van der Waals surface area contributed by atoms with Gasteiger partial charge in [0.25, 0.3) is 0 Å². The van der Waals surface area contributed by atoms with Crippen LogP contribution in [0.1, 0.15) is 18.1 Å². The van der Waals surface area contributed by atoms with Crippen molar-refractivity contribution in [1.82, 2.24) is 0 Å². The molecule has 2 aromatic carbocycles. The van der Waals surface area contributed by atoms with Gasteiger partial charge >= 0.3 is 0 Å². The number of para-hydroxylation sites is 2. The monoisotopic (exact) mass is 298 g/mol. The molecule has 0 aliphatic rings. The summed E-state index contributed by atoms with van der Waals surface area (Å²) in [6.45, 7) is 5.94. The van der Waals surface area contributed by atoms with E-state index in [4.69, 9.17) is 4.74 Å². The summed E-state index contributed by atoms with van der Waals surface area (Å²) in [5, 5.41) is 6.14. The van der Waals surface area contributed by atoms with E-state index in [9.17, 15) is 4.79 Å². The Balaban J connectivity index is 2.08. The van der Waals surface area contributed by atoms with E-state index in [0.29, 0.717) is 11.4 Å². The first kappa shape index (κ1) is 15.9. The Kier molecular flexibility index (Phi) is 5.04. The number of benzene rings is 2. The molecule has 2 rings (SSSR count). The highest BCUT2D eigenvalue weighted by Crippen LogP contribution is 2.24. The number of ether oxygens (including phenoxy) is 1. The average molecular weight is 298 g/mol. The summed E-state index contributed by atoms with van der Waals surface area (Å²) < 4.78 is 5.24. The van der Waals surface area contributed by atoms with Crippen LogP contribution in [0.25, 0.3) is 0 Å².